The first-order valence-electron chi connectivity index (χ1n) is 5.83. The molecule has 1 atom stereocenters. The Balaban J connectivity index is 2.40. The van der Waals surface area contributed by atoms with Crippen LogP contribution in [0.3, 0.4) is 0 Å². The number of amides is 2. The van der Waals surface area contributed by atoms with Crippen LogP contribution in [0.5, 0.6) is 0 Å². The van der Waals surface area contributed by atoms with E-state index in [0.717, 1.165) is 10.4 Å². The maximum Gasteiger partial charge on any atom is 0.326 e. The molecule has 0 saturated carbocycles. The van der Waals surface area contributed by atoms with Crippen LogP contribution in [-0.2, 0) is 11.3 Å². The third kappa shape index (κ3) is 5.52. The molecule has 0 radical (unpaired) electrons. The van der Waals surface area contributed by atoms with Gasteiger partial charge in [-0.15, -0.1) is 11.3 Å². The van der Waals surface area contributed by atoms with Gasteiger partial charge in [0.2, 0.25) is 0 Å². The molecule has 0 saturated heterocycles. The first kappa shape index (κ1) is 15.8. The Morgan fingerprint density at radius 2 is 2.26 bits per heavy atom. The number of carbonyl (C=O) groups is 2. The van der Waals surface area contributed by atoms with E-state index in [1.807, 2.05) is 24.6 Å². The van der Waals surface area contributed by atoms with Gasteiger partial charge in [0, 0.05) is 4.88 Å². The first-order chi connectivity index (χ1) is 9.04. The quantitative estimate of drug-likeness (QED) is 0.720. The summed E-state index contributed by atoms with van der Waals surface area (Å²) in [5.74, 6) is -0.308. The number of hydrogen-bond acceptors (Lipinski definition) is 4. The molecule has 0 aliphatic rings. The summed E-state index contributed by atoms with van der Waals surface area (Å²) in [6.07, 6.45) is 2.32. The Morgan fingerprint density at radius 3 is 2.79 bits per heavy atom. The van der Waals surface area contributed by atoms with Gasteiger partial charge in [-0.3, -0.25) is 0 Å². The number of carbonyl (C=O) groups excluding carboxylic acids is 1. The number of aryl methyl sites for hydroxylation is 1. The minimum Gasteiger partial charge on any atom is -0.480 e. The Bertz CT molecular complexity index is 434. The van der Waals surface area contributed by atoms with Gasteiger partial charge in [0.25, 0.3) is 0 Å². The lowest BCUT2D eigenvalue weighted by molar-refractivity contribution is -0.139. The Morgan fingerprint density at radius 1 is 1.53 bits per heavy atom. The maximum atomic E-state index is 11.6. The van der Waals surface area contributed by atoms with E-state index >= 15 is 0 Å². The molecule has 0 aliphatic carbocycles. The molecule has 0 aliphatic heterocycles. The lowest BCUT2D eigenvalue weighted by Gasteiger charge is -2.14. The average Bonchev–Trinajstić information content (AvgIpc) is 2.77. The number of carboxylic acid groups (broad SMARTS) is 1. The molecule has 1 aromatic rings. The van der Waals surface area contributed by atoms with Crippen molar-refractivity contribution in [2.24, 2.45) is 0 Å². The van der Waals surface area contributed by atoms with Crippen molar-refractivity contribution < 1.29 is 14.7 Å². The summed E-state index contributed by atoms with van der Waals surface area (Å²) < 4.78 is 0. The van der Waals surface area contributed by atoms with Crippen LogP contribution in [0.15, 0.2) is 11.4 Å². The van der Waals surface area contributed by atoms with Crippen LogP contribution in [0.2, 0.25) is 0 Å². The van der Waals surface area contributed by atoms with Gasteiger partial charge in [-0.25, -0.2) is 9.59 Å². The predicted octanol–water partition coefficient (Wildman–Crippen LogP) is 2.06. The number of thioether (sulfide) groups is 1. The highest BCUT2D eigenvalue weighted by Crippen LogP contribution is 2.14. The average molecular weight is 302 g/mol. The van der Waals surface area contributed by atoms with E-state index in [0.29, 0.717) is 18.7 Å². The highest BCUT2D eigenvalue weighted by Gasteiger charge is 2.19. The topological polar surface area (TPSA) is 78.4 Å². The van der Waals surface area contributed by atoms with Crippen LogP contribution in [0.25, 0.3) is 0 Å². The SMILES string of the molecule is CSCCC(NC(=O)NCc1sccc1C)C(=O)O. The molecule has 3 N–H and O–H groups in total. The number of carboxylic acids is 1. The summed E-state index contributed by atoms with van der Waals surface area (Å²) in [6, 6.07) is 0.705. The fraction of sp³-hybridized carbons (Fsp3) is 0.500. The van der Waals surface area contributed by atoms with E-state index in [9.17, 15) is 9.59 Å². The summed E-state index contributed by atoms with van der Waals surface area (Å²) in [5, 5.41) is 16.1. The summed E-state index contributed by atoms with van der Waals surface area (Å²) in [7, 11) is 0. The van der Waals surface area contributed by atoms with E-state index in [-0.39, 0.29) is 0 Å². The Kier molecular flexibility index (Phi) is 6.72. The fourth-order valence-electron chi connectivity index (χ4n) is 1.45. The normalized spacial score (nSPS) is 11.9. The lowest BCUT2D eigenvalue weighted by Crippen LogP contribution is -2.46. The fourth-order valence-corrected chi connectivity index (χ4v) is 2.77. The van der Waals surface area contributed by atoms with Crippen LogP contribution >= 0.6 is 23.1 Å². The molecular formula is C12H18N2O3S2. The molecule has 1 rings (SSSR count). The summed E-state index contributed by atoms with van der Waals surface area (Å²) in [5.41, 5.74) is 1.13. The van der Waals surface area contributed by atoms with Gasteiger partial charge < -0.3 is 15.7 Å². The standard InChI is InChI=1S/C12H18N2O3S2/c1-8-3-6-19-10(8)7-13-12(17)14-9(11(15)16)4-5-18-2/h3,6,9H,4-5,7H2,1-2H3,(H,15,16)(H2,13,14,17). The van der Waals surface area contributed by atoms with Gasteiger partial charge in [-0.05, 0) is 42.4 Å². The summed E-state index contributed by atoms with van der Waals surface area (Å²) in [4.78, 5) is 23.7. The van der Waals surface area contributed by atoms with Crippen molar-refractivity contribution in [2.45, 2.75) is 25.9 Å². The highest BCUT2D eigenvalue weighted by atomic mass is 32.2. The number of aliphatic carboxylic acids is 1. The summed E-state index contributed by atoms with van der Waals surface area (Å²) in [6.45, 7) is 2.40. The Labute approximate surface area is 120 Å². The molecule has 0 aromatic carbocycles. The number of thiophene rings is 1. The van der Waals surface area contributed by atoms with Gasteiger partial charge in [-0.1, -0.05) is 0 Å². The van der Waals surface area contributed by atoms with E-state index in [2.05, 4.69) is 10.6 Å². The molecule has 1 heterocycles. The second kappa shape index (κ2) is 8.06. The van der Waals surface area contributed by atoms with E-state index in [1.165, 1.54) is 0 Å². The number of rotatable bonds is 7. The zero-order valence-electron chi connectivity index (χ0n) is 10.9. The van der Waals surface area contributed by atoms with Crippen molar-refractivity contribution in [1.82, 2.24) is 10.6 Å². The van der Waals surface area contributed by atoms with E-state index in [1.54, 1.807) is 23.1 Å². The van der Waals surface area contributed by atoms with Crippen molar-refractivity contribution in [3.05, 3.63) is 21.9 Å². The van der Waals surface area contributed by atoms with Gasteiger partial charge in [0.05, 0.1) is 6.54 Å². The van der Waals surface area contributed by atoms with Gasteiger partial charge in [0.1, 0.15) is 6.04 Å². The third-order valence-corrected chi connectivity index (χ3v) is 4.26. The molecule has 1 unspecified atom stereocenters. The molecule has 0 bridgehead atoms. The largest absolute Gasteiger partial charge is 0.480 e. The van der Waals surface area contributed by atoms with Crippen LogP contribution < -0.4 is 10.6 Å². The number of urea groups is 1. The van der Waals surface area contributed by atoms with Gasteiger partial charge in [0.15, 0.2) is 0 Å². The highest BCUT2D eigenvalue weighted by molar-refractivity contribution is 7.98. The lowest BCUT2D eigenvalue weighted by atomic mass is 10.2. The molecule has 0 fully saturated rings. The second-order valence-corrected chi connectivity index (χ2v) is 6.01. The van der Waals surface area contributed by atoms with Crippen LogP contribution in [0.1, 0.15) is 16.9 Å². The zero-order valence-corrected chi connectivity index (χ0v) is 12.6. The molecular weight excluding hydrogens is 284 g/mol. The minimum atomic E-state index is -1.00. The number of hydrogen-bond donors (Lipinski definition) is 3. The van der Waals surface area contributed by atoms with Crippen molar-refractivity contribution in [2.75, 3.05) is 12.0 Å². The van der Waals surface area contributed by atoms with Crippen molar-refractivity contribution >= 4 is 35.1 Å². The third-order valence-electron chi connectivity index (χ3n) is 2.59. The minimum absolute atomic E-state index is 0.419. The molecule has 2 amide bonds. The molecule has 0 spiro atoms. The summed E-state index contributed by atoms with van der Waals surface area (Å²) >= 11 is 3.12. The van der Waals surface area contributed by atoms with E-state index in [4.69, 9.17) is 5.11 Å². The Hall–Kier alpha value is -1.21. The zero-order chi connectivity index (χ0) is 14.3. The molecule has 19 heavy (non-hydrogen) atoms. The van der Waals surface area contributed by atoms with Crippen molar-refractivity contribution in [3.8, 4) is 0 Å². The van der Waals surface area contributed by atoms with Gasteiger partial charge >= 0.3 is 12.0 Å². The van der Waals surface area contributed by atoms with Crippen LogP contribution in [0, 0.1) is 6.92 Å². The van der Waals surface area contributed by atoms with E-state index < -0.39 is 18.0 Å². The van der Waals surface area contributed by atoms with Crippen molar-refractivity contribution in [3.63, 3.8) is 0 Å². The molecule has 106 valence electrons. The van der Waals surface area contributed by atoms with Crippen LogP contribution in [0.4, 0.5) is 4.79 Å². The second-order valence-electron chi connectivity index (χ2n) is 4.03. The predicted molar refractivity (Wildman–Crippen MR) is 78.9 cm³/mol. The smallest absolute Gasteiger partial charge is 0.326 e. The molecule has 5 nitrogen and oxygen atoms in total. The van der Waals surface area contributed by atoms with Crippen molar-refractivity contribution in [1.29, 1.82) is 0 Å². The van der Waals surface area contributed by atoms with Crippen LogP contribution in [-0.4, -0.2) is 35.2 Å². The number of nitrogens with one attached hydrogen (secondary N) is 2. The first-order valence-corrected chi connectivity index (χ1v) is 8.11. The molecule has 1 aromatic heterocycles. The molecule has 7 heteroatoms. The van der Waals surface area contributed by atoms with Gasteiger partial charge in [-0.2, -0.15) is 11.8 Å². The monoisotopic (exact) mass is 302 g/mol. The maximum absolute atomic E-state index is 11.6.